The minimum atomic E-state index is 0.411. The van der Waals surface area contributed by atoms with Crippen molar-refractivity contribution in [3.63, 3.8) is 0 Å². The third-order valence-corrected chi connectivity index (χ3v) is 3.67. The van der Waals surface area contributed by atoms with E-state index in [4.69, 9.17) is 15.0 Å². The zero-order valence-corrected chi connectivity index (χ0v) is 12.3. The average molecular weight is 302 g/mol. The summed E-state index contributed by atoms with van der Waals surface area (Å²) < 4.78 is 15.0. The number of rotatable bonds is 5. The van der Waals surface area contributed by atoms with Crippen molar-refractivity contribution in [3.05, 3.63) is 41.9 Å². The summed E-state index contributed by atoms with van der Waals surface area (Å²) in [4.78, 5) is 4.33. The second kappa shape index (κ2) is 5.92. The van der Waals surface area contributed by atoms with Crippen LogP contribution in [0.25, 0.3) is 11.5 Å². The van der Waals surface area contributed by atoms with Gasteiger partial charge in [-0.05, 0) is 30.6 Å². The van der Waals surface area contributed by atoms with Gasteiger partial charge in [0.2, 0.25) is 0 Å². The molecular formula is C14H14N4O2S. The molecule has 0 bridgehead atoms. The molecule has 3 rings (SSSR count). The summed E-state index contributed by atoms with van der Waals surface area (Å²) in [6.07, 6.45) is 0.564. The highest BCUT2D eigenvalue weighted by molar-refractivity contribution is 7.10. The van der Waals surface area contributed by atoms with Crippen LogP contribution >= 0.6 is 11.5 Å². The van der Waals surface area contributed by atoms with E-state index in [-0.39, 0.29) is 0 Å². The maximum atomic E-state index is 5.86. The van der Waals surface area contributed by atoms with Crippen LogP contribution in [0.3, 0.4) is 0 Å². The zero-order valence-electron chi connectivity index (χ0n) is 11.4. The lowest BCUT2D eigenvalue weighted by Crippen LogP contribution is -2.02. The first-order chi connectivity index (χ1) is 10.2. The van der Waals surface area contributed by atoms with Crippen molar-refractivity contribution in [1.29, 1.82) is 0 Å². The summed E-state index contributed by atoms with van der Waals surface area (Å²) in [5, 5.41) is 4.53. The zero-order chi connectivity index (χ0) is 14.7. The second-order valence-corrected chi connectivity index (χ2v) is 5.24. The van der Waals surface area contributed by atoms with Crippen molar-refractivity contribution in [2.75, 3.05) is 12.3 Å². The normalized spacial score (nSPS) is 10.7. The molecule has 1 aromatic carbocycles. The molecule has 7 heteroatoms. The minimum Gasteiger partial charge on any atom is -0.493 e. The lowest BCUT2D eigenvalue weighted by atomic mass is 10.2. The molecule has 0 aliphatic carbocycles. The van der Waals surface area contributed by atoms with Crippen LogP contribution in [0.5, 0.6) is 5.75 Å². The first-order valence-corrected chi connectivity index (χ1v) is 7.24. The number of para-hydroxylation sites is 1. The smallest absolute Gasteiger partial charge is 0.262 e. The van der Waals surface area contributed by atoms with Gasteiger partial charge in [-0.1, -0.05) is 23.4 Å². The van der Waals surface area contributed by atoms with Crippen molar-refractivity contribution in [3.8, 4) is 17.2 Å². The van der Waals surface area contributed by atoms with Crippen LogP contribution in [-0.4, -0.2) is 21.1 Å². The summed E-state index contributed by atoms with van der Waals surface area (Å²) in [5.41, 5.74) is 7.39. The molecule has 0 unspecified atom stereocenters. The Hall–Kier alpha value is -2.41. The van der Waals surface area contributed by atoms with E-state index in [1.807, 2.05) is 37.3 Å². The molecule has 2 N–H and O–H groups in total. The molecule has 2 heterocycles. The first-order valence-electron chi connectivity index (χ1n) is 6.46. The summed E-state index contributed by atoms with van der Waals surface area (Å²) in [6.45, 7) is 2.35. The molecule has 0 fully saturated rings. The lowest BCUT2D eigenvalue weighted by molar-refractivity contribution is 0.315. The third-order valence-electron chi connectivity index (χ3n) is 2.91. The Labute approximate surface area is 125 Å². The van der Waals surface area contributed by atoms with Crippen molar-refractivity contribution in [2.45, 2.75) is 13.3 Å². The standard InChI is InChI=1S/C14H14N4O2S/c1-9-12(13(15)21-18-9)14-16-11(17-20-14)7-8-19-10-5-3-2-4-6-10/h2-6H,7-8,15H2,1H3. The quantitative estimate of drug-likeness (QED) is 0.779. The van der Waals surface area contributed by atoms with E-state index in [1.165, 1.54) is 11.5 Å². The second-order valence-electron chi connectivity index (χ2n) is 4.43. The third kappa shape index (κ3) is 3.03. The van der Waals surface area contributed by atoms with Gasteiger partial charge < -0.3 is 15.0 Å². The number of anilines is 1. The van der Waals surface area contributed by atoms with Crippen molar-refractivity contribution in [1.82, 2.24) is 14.5 Å². The van der Waals surface area contributed by atoms with Crippen molar-refractivity contribution >= 4 is 16.5 Å². The first kappa shape index (κ1) is 13.6. The van der Waals surface area contributed by atoms with Crippen LogP contribution in [0.1, 0.15) is 11.5 Å². The molecule has 2 aromatic heterocycles. The van der Waals surface area contributed by atoms with Crippen LogP contribution in [0.15, 0.2) is 34.9 Å². The number of hydrogen-bond acceptors (Lipinski definition) is 7. The van der Waals surface area contributed by atoms with E-state index >= 15 is 0 Å². The predicted octanol–water partition coefficient (Wildman–Crippen LogP) is 2.71. The van der Waals surface area contributed by atoms with Gasteiger partial charge in [-0.2, -0.15) is 9.36 Å². The maximum Gasteiger partial charge on any atom is 0.262 e. The molecule has 0 saturated carbocycles. The van der Waals surface area contributed by atoms with Crippen LogP contribution in [0, 0.1) is 6.92 Å². The number of nitrogens with zero attached hydrogens (tertiary/aromatic N) is 3. The predicted molar refractivity (Wildman–Crippen MR) is 80.2 cm³/mol. The van der Waals surface area contributed by atoms with E-state index in [0.29, 0.717) is 29.7 Å². The summed E-state index contributed by atoms with van der Waals surface area (Å²) in [5.74, 6) is 1.82. The Morgan fingerprint density at radius 1 is 1.29 bits per heavy atom. The van der Waals surface area contributed by atoms with Gasteiger partial charge >= 0.3 is 0 Å². The van der Waals surface area contributed by atoms with E-state index in [0.717, 1.165) is 17.0 Å². The van der Waals surface area contributed by atoms with Crippen molar-refractivity contribution in [2.24, 2.45) is 0 Å². The van der Waals surface area contributed by atoms with Crippen LogP contribution in [-0.2, 0) is 6.42 Å². The molecule has 0 spiro atoms. The molecule has 0 radical (unpaired) electrons. The van der Waals surface area contributed by atoms with Gasteiger partial charge in [0.1, 0.15) is 10.8 Å². The van der Waals surface area contributed by atoms with Crippen LogP contribution in [0.2, 0.25) is 0 Å². The fraction of sp³-hybridized carbons (Fsp3) is 0.214. The van der Waals surface area contributed by atoms with E-state index in [1.54, 1.807) is 0 Å². The monoisotopic (exact) mass is 302 g/mol. The average Bonchev–Trinajstić information content (AvgIpc) is 3.07. The van der Waals surface area contributed by atoms with E-state index in [9.17, 15) is 0 Å². The Morgan fingerprint density at radius 2 is 2.10 bits per heavy atom. The van der Waals surface area contributed by atoms with Crippen molar-refractivity contribution < 1.29 is 9.26 Å². The fourth-order valence-electron chi connectivity index (χ4n) is 1.88. The number of nitrogen functional groups attached to an aromatic ring is 1. The van der Waals surface area contributed by atoms with Gasteiger partial charge in [-0.25, -0.2) is 0 Å². The number of nitrogens with two attached hydrogens (primary N) is 1. The number of hydrogen-bond donors (Lipinski definition) is 1. The SMILES string of the molecule is Cc1nsc(N)c1-c1nc(CCOc2ccccc2)no1. The van der Waals surface area contributed by atoms with Gasteiger partial charge in [0.25, 0.3) is 5.89 Å². The molecule has 6 nitrogen and oxygen atoms in total. The van der Waals surface area contributed by atoms with Gasteiger partial charge in [-0.3, -0.25) is 0 Å². The lowest BCUT2D eigenvalue weighted by Gasteiger charge is -2.02. The molecule has 0 saturated heterocycles. The molecule has 0 atom stereocenters. The minimum absolute atomic E-state index is 0.411. The highest BCUT2D eigenvalue weighted by Gasteiger charge is 2.17. The van der Waals surface area contributed by atoms with E-state index < -0.39 is 0 Å². The largest absolute Gasteiger partial charge is 0.493 e. The van der Waals surface area contributed by atoms with E-state index in [2.05, 4.69) is 14.5 Å². The maximum absolute atomic E-state index is 5.86. The Balaban J connectivity index is 1.63. The van der Waals surface area contributed by atoms with Crippen LogP contribution in [0.4, 0.5) is 5.00 Å². The number of benzene rings is 1. The number of ether oxygens (including phenoxy) is 1. The molecule has 3 aromatic rings. The molecule has 0 aliphatic rings. The Bertz CT molecular complexity index is 704. The topological polar surface area (TPSA) is 87.1 Å². The summed E-state index contributed by atoms with van der Waals surface area (Å²) in [7, 11) is 0. The number of aromatic nitrogens is 3. The highest BCUT2D eigenvalue weighted by atomic mass is 32.1. The fourth-order valence-corrected chi connectivity index (χ4v) is 2.53. The molecule has 21 heavy (non-hydrogen) atoms. The molecule has 108 valence electrons. The van der Waals surface area contributed by atoms with Gasteiger partial charge in [0, 0.05) is 6.42 Å². The molecular weight excluding hydrogens is 288 g/mol. The van der Waals surface area contributed by atoms with Gasteiger partial charge in [0.15, 0.2) is 5.82 Å². The highest BCUT2D eigenvalue weighted by Crippen LogP contribution is 2.30. The summed E-state index contributed by atoms with van der Waals surface area (Å²) >= 11 is 1.23. The van der Waals surface area contributed by atoms with Gasteiger partial charge in [0.05, 0.1) is 17.9 Å². The molecule has 0 amide bonds. The molecule has 0 aliphatic heterocycles. The van der Waals surface area contributed by atoms with Gasteiger partial charge in [-0.15, -0.1) is 0 Å². The number of aryl methyl sites for hydroxylation is 1. The Kier molecular flexibility index (Phi) is 3.83. The Morgan fingerprint density at radius 3 is 2.81 bits per heavy atom. The summed E-state index contributed by atoms with van der Waals surface area (Å²) in [6, 6.07) is 9.61. The van der Waals surface area contributed by atoms with Crippen LogP contribution < -0.4 is 10.5 Å².